The van der Waals surface area contributed by atoms with Crippen molar-refractivity contribution in [2.75, 3.05) is 13.6 Å². The molecule has 3 nitrogen and oxygen atoms in total. The lowest BCUT2D eigenvalue weighted by Gasteiger charge is -2.32. The molecule has 1 saturated carbocycles. The van der Waals surface area contributed by atoms with Crippen LogP contribution in [0.4, 0.5) is 4.79 Å². The van der Waals surface area contributed by atoms with Gasteiger partial charge in [-0.2, -0.15) is 0 Å². The van der Waals surface area contributed by atoms with Crippen LogP contribution in [0.25, 0.3) is 0 Å². The van der Waals surface area contributed by atoms with Crippen LogP contribution in [0.5, 0.6) is 0 Å². The number of nitrogens with zero attached hydrogens (tertiary/aromatic N) is 1. The molecule has 0 aromatic heterocycles. The summed E-state index contributed by atoms with van der Waals surface area (Å²) in [5.41, 5.74) is -0.134. The Morgan fingerprint density at radius 1 is 1.43 bits per heavy atom. The lowest BCUT2D eigenvalue weighted by Crippen LogP contribution is -2.48. The second kappa shape index (κ2) is 4.20. The fourth-order valence-corrected chi connectivity index (χ4v) is 1.56. The summed E-state index contributed by atoms with van der Waals surface area (Å²) in [5, 5.41) is 2.96. The smallest absolute Gasteiger partial charge is 0.317 e. The normalized spacial score (nSPS) is 17.4. The van der Waals surface area contributed by atoms with E-state index in [1.165, 1.54) is 19.3 Å². The van der Waals surface area contributed by atoms with Crippen LogP contribution < -0.4 is 5.32 Å². The fourth-order valence-electron chi connectivity index (χ4n) is 1.56. The number of hydrogen-bond donors (Lipinski definition) is 1. The lowest BCUT2D eigenvalue weighted by molar-refractivity contribution is 0.175. The van der Waals surface area contributed by atoms with Gasteiger partial charge in [-0.1, -0.05) is 6.42 Å². The third-order valence-corrected chi connectivity index (χ3v) is 2.59. The van der Waals surface area contributed by atoms with Gasteiger partial charge < -0.3 is 10.2 Å². The number of urea groups is 1. The van der Waals surface area contributed by atoms with Crippen LogP contribution in [0, 0.1) is 5.92 Å². The molecule has 0 radical (unpaired) electrons. The van der Waals surface area contributed by atoms with E-state index in [2.05, 4.69) is 5.32 Å². The highest BCUT2D eigenvalue weighted by atomic mass is 16.2. The first kappa shape index (κ1) is 11.3. The molecule has 1 fully saturated rings. The van der Waals surface area contributed by atoms with Gasteiger partial charge in [-0.25, -0.2) is 4.79 Å². The molecule has 0 bridgehead atoms. The largest absolute Gasteiger partial charge is 0.333 e. The average molecular weight is 198 g/mol. The zero-order valence-corrected chi connectivity index (χ0v) is 9.76. The van der Waals surface area contributed by atoms with Crippen LogP contribution in [0.1, 0.15) is 40.0 Å². The molecule has 3 heteroatoms. The van der Waals surface area contributed by atoms with E-state index in [1.54, 1.807) is 4.90 Å². The molecule has 0 heterocycles. The molecule has 0 spiro atoms. The van der Waals surface area contributed by atoms with E-state index in [4.69, 9.17) is 0 Å². The van der Waals surface area contributed by atoms with Gasteiger partial charge in [0.15, 0.2) is 0 Å². The van der Waals surface area contributed by atoms with Gasteiger partial charge in [0.1, 0.15) is 0 Å². The monoisotopic (exact) mass is 198 g/mol. The maximum absolute atomic E-state index is 11.6. The maximum Gasteiger partial charge on any atom is 0.317 e. The first-order valence-corrected chi connectivity index (χ1v) is 5.42. The fraction of sp³-hybridized carbons (Fsp3) is 0.909. The molecule has 2 amide bonds. The topological polar surface area (TPSA) is 32.3 Å². The van der Waals surface area contributed by atoms with Crippen LogP contribution in [-0.4, -0.2) is 30.1 Å². The van der Waals surface area contributed by atoms with E-state index >= 15 is 0 Å². The Morgan fingerprint density at radius 3 is 2.36 bits per heavy atom. The van der Waals surface area contributed by atoms with Crippen molar-refractivity contribution in [2.45, 2.75) is 45.6 Å². The predicted molar refractivity (Wildman–Crippen MR) is 58.3 cm³/mol. The summed E-state index contributed by atoms with van der Waals surface area (Å²) in [6.07, 6.45) is 3.90. The molecule has 1 rings (SSSR count). The highest BCUT2D eigenvalue weighted by Crippen LogP contribution is 2.26. The van der Waals surface area contributed by atoms with Crippen LogP contribution in [0.3, 0.4) is 0 Å². The van der Waals surface area contributed by atoms with Crippen molar-refractivity contribution >= 4 is 6.03 Å². The van der Waals surface area contributed by atoms with Crippen LogP contribution in [-0.2, 0) is 0 Å². The van der Waals surface area contributed by atoms with E-state index in [9.17, 15) is 4.79 Å². The van der Waals surface area contributed by atoms with E-state index < -0.39 is 0 Å². The Kier molecular flexibility index (Phi) is 3.40. The van der Waals surface area contributed by atoms with Gasteiger partial charge in [0, 0.05) is 19.1 Å². The maximum atomic E-state index is 11.6. The van der Waals surface area contributed by atoms with E-state index in [-0.39, 0.29) is 11.6 Å². The zero-order valence-electron chi connectivity index (χ0n) is 9.76. The third kappa shape index (κ3) is 3.56. The van der Waals surface area contributed by atoms with Crippen molar-refractivity contribution in [2.24, 2.45) is 5.92 Å². The Labute approximate surface area is 86.9 Å². The number of carbonyl (C=O) groups is 1. The molecule has 1 aliphatic rings. The summed E-state index contributed by atoms with van der Waals surface area (Å²) < 4.78 is 0. The van der Waals surface area contributed by atoms with Gasteiger partial charge in [0.25, 0.3) is 0 Å². The summed E-state index contributed by atoms with van der Waals surface area (Å²) in [5.74, 6) is 0.741. The van der Waals surface area contributed by atoms with Gasteiger partial charge in [-0.3, -0.25) is 0 Å². The number of hydrogen-bond acceptors (Lipinski definition) is 1. The molecule has 1 aliphatic carbocycles. The van der Waals surface area contributed by atoms with Crippen LogP contribution >= 0.6 is 0 Å². The summed E-state index contributed by atoms with van der Waals surface area (Å²) in [4.78, 5) is 13.4. The van der Waals surface area contributed by atoms with Crippen LogP contribution in [0.15, 0.2) is 0 Å². The molecule has 0 unspecified atom stereocenters. The molecule has 14 heavy (non-hydrogen) atoms. The van der Waals surface area contributed by atoms with Crippen molar-refractivity contribution in [3.63, 3.8) is 0 Å². The molecule has 82 valence electrons. The first-order valence-electron chi connectivity index (χ1n) is 5.42. The Balaban J connectivity index is 2.28. The van der Waals surface area contributed by atoms with Crippen molar-refractivity contribution in [3.8, 4) is 0 Å². The molecule has 0 saturated heterocycles. The zero-order chi connectivity index (χ0) is 10.8. The highest BCUT2D eigenvalue weighted by molar-refractivity contribution is 5.74. The van der Waals surface area contributed by atoms with Gasteiger partial charge >= 0.3 is 6.03 Å². The van der Waals surface area contributed by atoms with Crippen LogP contribution in [0.2, 0.25) is 0 Å². The molecule has 0 aromatic rings. The van der Waals surface area contributed by atoms with Gasteiger partial charge in [0.2, 0.25) is 0 Å². The van der Waals surface area contributed by atoms with Gasteiger partial charge in [-0.15, -0.1) is 0 Å². The molecule has 0 aliphatic heterocycles. The summed E-state index contributed by atoms with van der Waals surface area (Å²) in [7, 11) is 1.87. The number of amides is 2. The van der Waals surface area contributed by atoms with Crippen molar-refractivity contribution < 1.29 is 4.79 Å². The minimum Gasteiger partial charge on any atom is -0.333 e. The minimum atomic E-state index is -0.134. The summed E-state index contributed by atoms with van der Waals surface area (Å²) in [6, 6.07) is 0.0457. The SMILES string of the molecule is CN(CC1CCC1)C(=O)NC(C)(C)C. The second-order valence-corrected chi connectivity index (χ2v) is 5.36. The molecular formula is C11H22N2O. The van der Waals surface area contributed by atoms with Crippen molar-refractivity contribution in [3.05, 3.63) is 0 Å². The first-order chi connectivity index (χ1) is 6.38. The third-order valence-electron chi connectivity index (χ3n) is 2.59. The highest BCUT2D eigenvalue weighted by Gasteiger charge is 2.23. The van der Waals surface area contributed by atoms with Crippen molar-refractivity contribution in [1.29, 1.82) is 0 Å². The Morgan fingerprint density at radius 2 is 2.00 bits per heavy atom. The standard InChI is InChI=1S/C11H22N2O/c1-11(2,3)12-10(14)13(4)8-9-6-5-7-9/h9H,5-8H2,1-4H3,(H,12,14). The molecule has 0 aromatic carbocycles. The second-order valence-electron chi connectivity index (χ2n) is 5.36. The molecule has 0 atom stereocenters. The summed E-state index contributed by atoms with van der Waals surface area (Å²) in [6.45, 7) is 6.91. The Hall–Kier alpha value is -0.730. The number of nitrogens with one attached hydrogen (secondary N) is 1. The van der Waals surface area contributed by atoms with E-state index in [0.29, 0.717) is 0 Å². The van der Waals surface area contributed by atoms with Crippen molar-refractivity contribution in [1.82, 2.24) is 10.2 Å². The number of rotatable bonds is 2. The van der Waals surface area contributed by atoms with E-state index in [0.717, 1.165) is 12.5 Å². The predicted octanol–water partition coefficient (Wildman–Crippen LogP) is 2.23. The molecule has 1 N–H and O–H groups in total. The van der Waals surface area contributed by atoms with Gasteiger partial charge in [0.05, 0.1) is 0 Å². The van der Waals surface area contributed by atoms with E-state index in [1.807, 2.05) is 27.8 Å². The summed E-state index contributed by atoms with van der Waals surface area (Å²) >= 11 is 0. The minimum absolute atomic E-state index is 0.0457. The van der Waals surface area contributed by atoms with Gasteiger partial charge in [-0.05, 0) is 39.5 Å². The molecular weight excluding hydrogens is 176 g/mol. The Bertz CT molecular complexity index is 204. The lowest BCUT2D eigenvalue weighted by atomic mass is 9.85. The quantitative estimate of drug-likeness (QED) is 0.725. The average Bonchev–Trinajstić information content (AvgIpc) is 1.92. The number of carbonyl (C=O) groups excluding carboxylic acids is 1.